The van der Waals surface area contributed by atoms with Crippen LogP contribution in [0.15, 0.2) is 176 Å². The lowest BCUT2D eigenvalue weighted by Gasteiger charge is -2.27. The molecule has 10 rings (SSSR count). The molecule has 1 nitrogen and oxygen atoms in total. The third-order valence-electron chi connectivity index (χ3n) is 9.81. The molecule has 0 aliphatic rings. The Morgan fingerprint density at radius 3 is 1.73 bits per heavy atom. The molecule has 2 heteroatoms. The van der Waals surface area contributed by atoms with Gasteiger partial charge in [-0.1, -0.05) is 146 Å². The van der Waals surface area contributed by atoms with Gasteiger partial charge < -0.3 is 4.90 Å². The molecular weight excluding hydrogens is 599 g/mol. The third kappa shape index (κ3) is 4.24. The summed E-state index contributed by atoms with van der Waals surface area (Å²) in [5.74, 6) is 0. The molecule has 0 amide bonds. The van der Waals surface area contributed by atoms with E-state index in [2.05, 4.69) is 181 Å². The van der Waals surface area contributed by atoms with Gasteiger partial charge in [0.15, 0.2) is 0 Å². The van der Waals surface area contributed by atoms with E-state index >= 15 is 0 Å². The van der Waals surface area contributed by atoms with Gasteiger partial charge >= 0.3 is 0 Å². The fourth-order valence-electron chi connectivity index (χ4n) is 7.51. The van der Waals surface area contributed by atoms with Crippen molar-refractivity contribution in [1.82, 2.24) is 0 Å². The van der Waals surface area contributed by atoms with Crippen LogP contribution >= 0.6 is 11.3 Å². The van der Waals surface area contributed by atoms with Gasteiger partial charge in [0.05, 0.1) is 10.4 Å². The number of thiophene rings is 1. The summed E-state index contributed by atoms with van der Waals surface area (Å²) in [5, 5.41) is 12.9. The summed E-state index contributed by atoms with van der Waals surface area (Å²) in [6.45, 7) is 0. The van der Waals surface area contributed by atoms with Crippen molar-refractivity contribution >= 4 is 91.7 Å². The third-order valence-corrected chi connectivity index (χ3v) is 11.1. The Bertz CT molecular complexity index is 2830. The molecule has 0 saturated carbocycles. The number of anilines is 3. The fourth-order valence-corrected chi connectivity index (χ4v) is 8.85. The lowest BCUT2D eigenvalue weighted by molar-refractivity contribution is 1.31. The van der Waals surface area contributed by atoms with E-state index in [0.717, 1.165) is 11.4 Å². The molecule has 0 unspecified atom stereocenters. The summed E-state index contributed by atoms with van der Waals surface area (Å²) in [5.41, 5.74) is 5.90. The van der Waals surface area contributed by atoms with Crippen LogP contribution in [0.1, 0.15) is 0 Å². The van der Waals surface area contributed by atoms with Crippen LogP contribution in [0.2, 0.25) is 0 Å². The van der Waals surface area contributed by atoms with Crippen molar-refractivity contribution in [2.45, 2.75) is 0 Å². The zero-order chi connectivity index (χ0) is 31.6. The fraction of sp³-hybridized carbons (Fsp3) is 0. The number of hydrogen-bond donors (Lipinski definition) is 0. The quantitative estimate of drug-likeness (QED) is 0.176. The Morgan fingerprint density at radius 1 is 0.333 bits per heavy atom. The second-order valence-electron chi connectivity index (χ2n) is 12.5. The van der Waals surface area contributed by atoms with Gasteiger partial charge in [0, 0.05) is 26.8 Å². The van der Waals surface area contributed by atoms with Crippen LogP contribution < -0.4 is 4.90 Å². The summed E-state index contributed by atoms with van der Waals surface area (Å²) in [7, 11) is 0. The zero-order valence-corrected chi connectivity index (χ0v) is 26.9. The Kier molecular flexibility index (Phi) is 6.12. The van der Waals surface area contributed by atoms with Crippen molar-refractivity contribution in [2.75, 3.05) is 4.90 Å². The smallest absolute Gasteiger partial charge is 0.0640 e. The SMILES string of the molecule is c1ccc(-c2ccc(N(c3ccc4c(ccc5ccc6ccccc6c54)c3)c3cccc4c3sc3c5ccccc5ccc43)cc2)cc1. The van der Waals surface area contributed by atoms with Gasteiger partial charge in [-0.2, -0.15) is 0 Å². The second kappa shape index (κ2) is 10.8. The first kappa shape index (κ1) is 27.2. The highest BCUT2D eigenvalue weighted by Gasteiger charge is 2.20. The molecule has 0 spiro atoms. The molecule has 10 aromatic rings. The molecule has 1 aromatic heterocycles. The molecule has 0 atom stereocenters. The average Bonchev–Trinajstić information content (AvgIpc) is 3.55. The van der Waals surface area contributed by atoms with E-state index in [0.29, 0.717) is 0 Å². The van der Waals surface area contributed by atoms with Gasteiger partial charge in [-0.3, -0.25) is 0 Å². The van der Waals surface area contributed by atoms with Crippen LogP contribution in [-0.2, 0) is 0 Å². The number of fused-ring (bicyclic) bond motifs is 10. The Labute approximate surface area is 282 Å². The van der Waals surface area contributed by atoms with E-state index < -0.39 is 0 Å². The van der Waals surface area contributed by atoms with Gasteiger partial charge in [-0.15, -0.1) is 11.3 Å². The summed E-state index contributed by atoms with van der Waals surface area (Å²) in [4.78, 5) is 2.45. The standard InChI is InChI=1S/C46H29NS/c1-2-9-30(10-3-1)31-21-24-36(25-22-31)47(43-16-8-15-41-42-27-23-33-12-5-7-14-40(33)45(42)48-46(41)43)37-26-28-39-35(29-37)20-19-34-18-17-32-11-4-6-13-38(32)44(34)39/h1-29H. The van der Waals surface area contributed by atoms with Gasteiger partial charge in [-0.25, -0.2) is 0 Å². The molecule has 48 heavy (non-hydrogen) atoms. The lowest BCUT2D eigenvalue weighted by atomic mass is 9.96. The number of benzene rings is 9. The topological polar surface area (TPSA) is 3.24 Å². The number of nitrogens with zero attached hydrogens (tertiary/aromatic N) is 1. The second-order valence-corrected chi connectivity index (χ2v) is 13.5. The van der Waals surface area contributed by atoms with Gasteiger partial charge in [0.2, 0.25) is 0 Å². The van der Waals surface area contributed by atoms with Crippen molar-refractivity contribution in [3.63, 3.8) is 0 Å². The van der Waals surface area contributed by atoms with Crippen molar-refractivity contribution in [1.29, 1.82) is 0 Å². The first-order valence-corrected chi connectivity index (χ1v) is 17.2. The zero-order valence-electron chi connectivity index (χ0n) is 26.1. The molecule has 1 heterocycles. The molecule has 0 bridgehead atoms. The maximum atomic E-state index is 2.45. The maximum Gasteiger partial charge on any atom is 0.0640 e. The summed E-state index contributed by atoms with van der Waals surface area (Å²) < 4.78 is 2.63. The predicted molar refractivity (Wildman–Crippen MR) is 209 cm³/mol. The van der Waals surface area contributed by atoms with Crippen LogP contribution in [0, 0.1) is 0 Å². The van der Waals surface area contributed by atoms with Crippen LogP contribution in [0.25, 0.3) is 74.4 Å². The lowest BCUT2D eigenvalue weighted by Crippen LogP contribution is -2.10. The van der Waals surface area contributed by atoms with E-state index in [-0.39, 0.29) is 0 Å². The van der Waals surface area contributed by atoms with Crippen molar-refractivity contribution in [2.24, 2.45) is 0 Å². The highest BCUT2D eigenvalue weighted by atomic mass is 32.1. The summed E-state index contributed by atoms with van der Waals surface area (Å²) in [6.07, 6.45) is 0. The van der Waals surface area contributed by atoms with E-state index in [1.807, 2.05) is 11.3 Å². The minimum atomic E-state index is 1.13. The first-order valence-electron chi connectivity index (χ1n) is 16.4. The monoisotopic (exact) mass is 627 g/mol. The molecular formula is C46H29NS. The summed E-state index contributed by atoms with van der Waals surface area (Å²) in [6, 6.07) is 64.4. The molecule has 0 saturated heterocycles. The highest BCUT2D eigenvalue weighted by molar-refractivity contribution is 7.27. The minimum Gasteiger partial charge on any atom is -0.309 e. The molecule has 224 valence electrons. The Hall–Kier alpha value is -5.96. The van der Waals surface area contributed by atoms with Crippen molar-refractivity contribution in [3.8, 4) is 11.1 Å². The molecule has 9 aromatic carbocycles. The number of rotatable bonds is 4. The van der Waals surface area contributed by atoms with Crippen molar-refractivity contribution < 1.29 is 0 Å². The molecule has 0 N–H and O–H groups in total. The molecule has 0 fully saturated rings. The molecule has 0 radical (unpaired) electrons. The van der Waals surface area contributed by atoms with E-state index in [9.17, 15) is 0 Å². The molecule has 0 aliphatic heterocycles. The van der Waals surface area contributed by atoms with Crippen LogP contribution in [0.4, 0.5) is 17.1 Å². The minimum absolute atomic E-state index is 1.13. The maximum absolute atomic E-state index is 2.45. The summed E-state index contributed by atoms with van der Waals surface area (Å²) >= 11 is 1.90. The van der Waals surface area contributed by atoms with Crippen LogP contribution in [0.5, 0.6) is 0 Å². The van der Waals surface area contributed by atoms with Gasteiger partial charge in [0.25, 0.3) is 0 Å². The average molecular weight is 628 g/mol. The molecule has 0 aliphatic carbocycles. The Morgan fingerprint density at radius 2 is 0.896 bits per heavy atom. The van der Waals surface area contributed by atoms with Crippen LogP contribution in [-0.4, -0.2) is 0 Å². The normalized spacial score (nSPS) is 11.8. The van der Waals surface area contributed by atoms with E-state index in [1.54, 1.807) is 0 Å². The van der Waals surface area contributed by atoms with Gasteiger partial charge in [0.1, 0.15) is 0 Å². The highest BCUT2D eigenvalue weighted by Crippen LogP contribution is 2.47. The van der Waals surface area contributed by atoms with Crippen LogP contribution in [0.3, 0.4) is 0 Å². The Balaban J connectivity index is 1.22. The first-order chi connectivity index (χ1) is 23.8. The van der Waals surface area contributed by atoms with E-state index in [4.69, 9.17) is 0 Å². The number of hydrogen-bond acceptors (Lipinski definition) is 2. The largest absolute Gasteiger partial charge is 0.309 e. The van der Waals surface area contributed by atoms with Gasteiger partial charge in [-0.05, 0) is 84.5 Å². The van der Waals surface area contributed by atoms with E-state index in [1.165, 1.54) is 80.1 Å². The predicted octanol–water partition coefficient (Wildman–Crippen LogP) is 13.8. The van der Waals surface area contributed by atoms with Crippen molar-refractivity contribution in [3.05, 3.63) is 176 Å².